The Hall–Kier alpha value is -2.48. The predicted octanol–water partition coefficient (Wildman–Crippen LogP) is 2.54. The zero-order valence-corrected chi connectivity index (χ0v) is 11.1. The van der Waals surface area contributed by atoms with Crippen LogP contribution in [0.15, 0.2) is 40.6 Å². The number of nitro groups is 1. The minimum Gasteiger partial charge on any atom is -0.477 e. The summed E-state index contributed by atoms with van der Waals surface area (Å²) < 4.78 is 0. The second-order valence-electron chi connectivity index (χ2n) is 3.89. The molecule has 7 nitrogen and oxygen atoms in total. The number of hydrogen-bond donors (Lipinski definition) is 1. The van der Waals surface area contributed by atoms with E-state index in [9.17, 15) is 14.9 Å². The Labute approximate surface area is 117 Å². The molecule has 2 aromatic rings. The van der Waals surface area contributed by atoms with Crippen LogP contribution < -0.4 is 0 Å². The Morgan fingerprint density at radius 3 is 2.55 bits per heavy atom. The van der Waals surface area contributed by atoms with Crippen LogP contribution in [-0.4, -0.2) is 26.0 Å². The Morgan fingerprint density at radius 1 is 1.35 bits per heavy atom. The Balaban J connectivity index is 2.34. The molecule has 0 amide bonds. The highest BCUT2D eigenvalue weighted by Crippen LogP contribution is 2.29. The van der Waals surface area contributed by atoms with Crippen LogP contribution in [0, 0.1) is 17.0 Å². The van der Waals surface area contributed by atoms with Crippen molar-refractivity contribution in [1.29, 1.82) is 0 Å². The second-order valence-corrected chi connectivity index (χ2v) is 4.93. The minimum absolute atomic E-state index is 0.355. The number of nitrogens with zero attached hydrogens (tertiary/aromatic N) is 3. The summed E-state index contributed by atoms with van der Waals surface area (Å²) in [6.45, 7) is 1.85. The van der Waals surface area contributed by atoms with E-state index in [2.05, 4.69) is 9.97 Å². The zero-order valence-electron chi connectivity index (χ0n) is 10.3. The van der Waals surface area contributed by atoms with E-state index in [4.69, 9.17) is 5.11 Å². The van der Waals surface area contributed by atoms with E-state index in [-0.39, 0.29) is 5.56 Å². The predicted molar refractivity (Wildman–Crippen MR) is 70.9 cm³/mol. The first-order valence-electron chi connectivity index (χ1n) is 5.45. The van der Waals surface area contributed by atoms with Gasteiger partial charge in [-0.15, -0.1) is 0 Å². The van der Waals surface area contributed by atoms with Crippen molar-refractivity contribution in [2.45, 2.75) is 17.0 Å². The van der Waals surface area contributed by atoms with Gasteiger partial charge in [-0.2, -0.15) is 0 Å². The maximum Gasteiger partial charge on any atom is 0.342 e. The van der Waals surface area contributed by atoms with Crippen LogP contribution in [0.4, 0.5) is 5.69 Å². The smallest absolute Gasteiger partial charge is 0.342 e. The maximum atomic E-state index is 11.0. The van der Waals surface area contributed by atoms with Crippen molar-refractivity contribution in [1.82, 2.24) is 9.97 Å². The number of rotatable bonds is 4. The molecule has 0 saturated heterocycles. The van der Waals surface area contributed by atoms with Crippen LogP contribution in [-0.2, 0) is 0 Å². The van der Waals surface area contributed by atoms with E-state index in [0.29, 0.717) is 10.1 Å². The van der Waals surface area contributed by atoms with Crippen LogP contribution in [0.2, 0.25) is 0 Å². The van der Waals surface area contributed by atoms with Crippen LogP contribution >= 0.6 is 11.8 Å². The largest absolute Gasteiger partial charge is 0.477 e. The van der Waals surface area contributed by atoms with Gasteiger partial charge in [-0.1, -0.05) is 0 Å². The lowest BCUT2D eigenvalue weighted by Gasteiger charge is -2.03. The number of benzene rings is 1. The summed E-state index contributed by atoms with van der Waals surface area (Å²) in [5, 5.41) is 20.2. The van der Waals surface area contributed by atoms with Gasteiger partial charge in [0.2, 0.25) is 0 Å². The molecular weight excluding hydrogens is 282 g/mol. The Morgan fingerprint density at radius 2 is 2.00 bits per heavy atom. The molecule has 0 saturated carbocycles. The van der Waals surface area contributed by atoms with E-state index in [0.717, 1.165) is 17.3 Å². The van der Waals surface area contributed by atoms with Gasteiger partial charge in [-0.05, 0) is 36.4 Å². The first kappa shape index (κ1) is 13.9. The van der Waals surface area contributed by atoms with Crippen LogP contribution in [0.5, 0.6) is 0 Å². The fourth-order valence-corrected chi connectivity index (χ4v) is 2.18. The molecule has 0 fully saturated rings. The average Bonchev–Trinajstić information content (AvgIpc) is 2.41. The lowest BCUT2D eigenvalue weighted by atomic mass is 10.2. The highest BCUT2D eigenvalue weighted by Gasteiger charge is 2.20. The summed E-state index contributed by atoms with van der Waals surface area (Å²) in [6.07, 6.45) is 3.28. The molecule has 0 atom stereocenters. The topological polar surface area (TPSA) is 106 Å². The van der Waals surface area contributed by atoms with E-state index in [1.807, 2.05) is 6.92 Å². The van der Waals surface area contributed by atoms with Crippen molar-refractivity contribution >= 4 is 23.4 Å². The highest BCUT2D eigenvalue weighted by molar-refractivity contribution is 7.99. The number of carboxylic acid groups (broad SMARTS) is 1. The number of carbonyl (C=O) groups is 1. The summed E-state index contributed by atoms with van der Waals surface area (Å²) in [7, 11) is 0. The van der Waals surface area contributed by atoms with Gasteiger partial charge in [0.15, 0.2) is 5.16 Å². The van der Waals surface area contributed by atoms with E-state index in [1.165, 1.54) is 18.2 Å². The summed E-state index contributed by atoms with van der Waals surface area (Å²) in [4.78, 5) is 29.7. The molecule has 8 heteroatoms. The van der Waals surface area contributed by atoms with Gasteiger partial charge in [0, 0.05) is 23.4 Å². The summed E-state index contributed by atoms with van der Waals surface area (Å²) in [5.74, 6) is -1.34. The molecule has 0 aliphatic heterocycles. The first-order valence-corrected chi connectivity index (χ1v) is 6.27. The number of aromatic carboxylic acids is 1. The molecule has 0 spiro atoms. The van der Waals surface area contributed by atoms with Crippen molar-refractivity contribution in [3.8, 4) is 0 Å². The number of hydrogen-bond acceptors (Lipinski definition) is 6. The Kier molecular flexibility index (Phi) is 3.94. The minimum atomic E-state index is -1.34. The third-order valence-electron chi connectivity index (χ3n) is 2.36. The molecule has 0 radical (unpaired) electrons. The molecular formula is C12H9N3O4S. The van der Waals surface area contributed by atoms with Gasteiger partial charge in [0.05, 0.1) is 4.92 Å². The van der Waals surface area contributed by atoms with Crippen molar-refractivity contribution in [2.75, 3.05) is 0 Å². The molecule has 1 aromatic carbocycles. The molecule has 2 rings (SSSR count). The van der Waals surface area contributed by atoms with E-state index >= 15 is 0 Å². The van der Waals surface area contributed by atoms with Crippen molar-refractivity contribution in [3.63, 3.8) is 0 Å². The number of carboxylic acids is 1. The molecule has 1 aromatic heterocycles. The monoisotopic (exact) mass is 291 g/mol. The van der Waals surface area contributed by atoms with Gasteiger partial charge in [-0.3, -0.25) is 10.1 Å². The molecule has 102 valence electrons. The maximum absolute atomic E-state index is 11.0. The van der Waals surface area contributed by atoms with Crippen LogP contribution in [0.25, 0.3) is 0 Å². The third kappa shape index (κ3) is 3.09. The van der Waals surface area contributed by atoms with Gasteiger partial charge in [0.1, 0.15) is 5.56 Å². The standard InChI is InChI=1S/C12H9N3O4S/c1-7-5-13-12(14-6-7)20-8-2-3-10(15(18)19)9(4-8)11(16)17/h2-6H,1H3,(H,16,17). The zero-order chi connectivity index (χ0) is 14.7. The SMILES string of the molecule is Cc1cnc(Sc2ccc([N+](=O)[O-])c(C(=O)O)c2)nc1. The summed E-state index contributed by atoms with van der Waals surface area (Å²) >= 11 is 1.14. The van der Waals surface area contributed by atoms with E-state index < -0.39 is 16.6 Å². The molecule has 0 aliphatic carbocycles. The second kappa shape index (κ2) is 5.66. The third-order valence-corrected chi connectivity index (χ3v) is 3.24. The molecule has 0 aliphatic rings. The summed E-state index contributed by atoms with van der Waals surface area (Å²) in [5.41, 5.74) is 0.114. The number of nitro benzene ring substituents is 1. The molecule has 0 bridgehead atoms. The van der Waals surface area contributed by atoms with Gasteiger partial charge in [0.25, 0.3) is 5.69 Å². The molecule has 1 heterocycles. The van der Waals surface area contributed by atoms with E-state index in [1.54, 1.807) is 12.4 Å². The van der Waals surface area contributed by atoms with Crippen LogP contribution in [0.3, 0.4) is 0 Å². The first-order chi connectivity index (χ1) is 9.47. The number of aryl methyl sites for hydroxylation is 1. The van der Waals surface area contributed by atoms with Crippen LogP contribution in [0.1, 0.15) is 15.9 Å². The lowest BCUT2D eigenvalue weighted by molar-refractivity contribution is -0.385. The van der Waals surface area contributed by atoms with Crippen molar-refractivity contribution in [2.24, 2.45) is 0 Å². The van der Waals surface area contributed by atoms with Crippen molar-refractivity contribution < 1.29 is 14.8 Å². The van der Waals surface area contributed by atoms with Gasteiger partial charge < -0.3 is 5.11 Å². The molecule has 0 unspecified atom stereocenters. The fourth-order valence-electron chi connectivity index (χ4n) is 1.45. The Bertz CT molecular complexity index is 673. The molecule has 20 heavy (non-hydrogen) atoms. The quantitative estimate of drug-likeness (QED) is 0.524. The molecule has 1 N–H and O–H groups in total. The average molecular weight is 291 g/mol. The van der Waals surface area contributed by atoms with Gasteiger partial charge >= 0.3 is 5.97 Å². The van der Waals surface area contributed by atoms with Gasteiger partial charge in [-0.25, -0.2) is 14.8 Å². The fraction of sp³-hybridized carbons (Fsp3) is 0.0833. The van der Waals surface area contributed by atoms with Crippen molar-refractivity contribution in [3.05, 3.63) is 51.8 Å². The normalized spacial score (nSPS) is 10.2. The highest BCUT2D eigenvalue weighted by atomic mass is 32.2. The number of aromatic nitrogens is 2. The lowest BCUT2D eigenvalue weighted by Crippen LogP contribution is -2.02. The summed E-state index contributed by atoms with van der Waals surface area (Å²) in [6, 6.07) is 3.88.